The molecule has 0 aliphatic rings. The van der Waals surface area contributed by atoms with Gasteiger partial charge in [-0.15, -0.1) is 21.5 Å². The minimum atomic E-state index is 0.00228. The molecule has 25 heavy (non-hydrogen) atoms. The Hall–Kier alpha value is -2.22. The van der Waals surface area contributed by atoms with E-state index in [1.807, 2.05) is 15.8 Å². The van der Waals surface area contributed by atoms with Crippen LogP contribution in [0.2, 0.25) is 0 Å². The maximum atomic E-state index is 12.8. The zero-order valence-electron chi connectivity index (χ0n) is 14.8. The highest BCUT2D eigenvalue weighted by atomic mass is 32.1. The van der Waals surface area contributed by atoms with Gasteiger partial charge in [-0.3, -0.25) is 18.6 Å². The molecule has 3 rings (SSSR count). The van der Waals surface area contributed by atoms with E-state index in [9.17, 15) is 9.59 Å². The van der Waals surface area contributed by atoms with E-state index >= 15 is 0 Å². The fourth-order valence-corrected chi connectivity index (χ4v) is 3.69. The van der Waals surface area contributed by atoms with Crippen LogP contribution in [0.1, 0.15) is 38.9 Å². The summed E-state index contributed by atoms with van der Waals surface area (Å²) in [6.45, 7) is 4.91. The van der Waals surface area contributed by atoms with Crippen molar-refractivity contribution in [2.45, 2.75) is 46.1 Å². The van der Waals surface area contributed by atoms with Crippen molar-refractivity contribution < 1.29 is 4.79 Å². The third-order valence-corrected chi connectivity index (χ3v) is 5.18. The smallest absolute Gasteiger partial charge is 0.272 e. The molecule has 0 bridgehead atoms. The van der Waals surface area contributed by atoms with Gasteiger partial charge in [0.1, 0.15) is 10.5 Å². The maximum Gasteiger partial charge on any atom is 0.272 e. The molecule has 3 aromatic rings. The lowest BCUT2D eigenvalue weighted by Crippen LogP contribution is -2.23. The van der Waals surface area contributed by atoms with Crippen molar-refractivity contribution in [1.82, 2.24) is 24.5 Å². The van der Waals surface area contributed by atoms with Gasteiger partial charge in [0.15, 0.2) is 0 Å². The van der Waals surface area contributed by atoms with Gasteiger partial charge >= 0.3 is 0 Å². The summed E-state index contributed by atoms with van der Waals surface area (Å²) in [7, 11) is 1.64. The summed E-state index contributed by atoms with van der Waals surface area (Å²) in [5.41, 5.74) is 0.855. The second-order valence-electron chi connectivity index (χ2n) is 6.55. The van der Waals surface area contributed by atoms with Crippen LogP contribution in [0.15, 0.2) is 16.2 Å². The highest BCUT2D eigenvalue weighted by molar-refractivity contribution is 7.17. The number of hydrogen-bond acceptors (Lipinski definition) is 5. The van der Waals surface area contributed by atoms with Crippen molar-refractivity contribution in [3.63, 3.8) is 0 Å². The number of thiophene rings is 1. The lowest BCUT2D eigenvalue weighted by molar-refractivity contribution is -0.120. The molecular formula is C17H23N5O2S. The number of aryl methyl sites for hydroxylation is 2. The Labute approximate surface area is 149 Å². The molecule has 0 radical (unpaired) electrons. The van der Waals surface area contributed by atoms with E-state index in [4.69, 9.17) is 0 Å². The lowest BCUT2D eigenvalue weighted by Gasteiger charge is -2.10. The summed E-state index contributed by atoms with van der Waals surface area (Å²) in [5.74, 6) is 1.90. The van der Waals surface area contributed by atoms with Gasteiger partial charge in [0.25, 0.3) is 5.56 Å². The first kappa shape index (κ1) is 17.6. The first-order chi connectivity index (χ1) is 12.0. The van der Waals surface area contributed by atoms with E-state index in [1.165, 1.54) is 11.3 Å². The van der Waals surface area contributed by atoms with Gasteiger partial charge in [-0.1, -0.05) is 13.8 Å². The molecule has 134 valence electrons. The standard InChI is InChI=1S/C17H23N5O2S/c1-11(2)7-9-21-16(24)15-12(8-10-25-15)22-13(19-20-17(21)22)5-4-6-14(23)18-3/h8,10-11H,4-7,9H2,1-3H3,(H,18,23). The summed E-state index contributed by atoms with van der Waals surface area (Å²) in [4.78, 5) is 24.2. The van der Waals surface area contributed by atoms with Crippen LogP contribution < -0.4 is 10.9 Å². The largest absolute Gasteiger partial charge is 0.359 e. The fourth-order valence-electron chi connectivity index (χ4n) is 2.86. The Kier molecular flexibility index (Phi) is 5.17. The van der Waals surface area contributed by atoms with Crippen molar-refractivity contribution in [3.8, 4) is 0 Å². The predicted octanol–water partition coefficient (Wildman–Crippen LogP) is 2.22. The van der Waals surface area contributed by atoms with Crippen LogP contribution in [0.3, 0.4) is 0 Å². The SMILES string of the molecule is CNC(=O)CCCc1nnc2n(CCC(C)C)c(=O)c3sccc3n12. The average molecular weight is 361 g/mol. The molecule has 7 nitrogen and oxygen atoms in total. The van der Waals surface area contributed by atoms with Crippen LogP contribution in [0.25, 0.3) is 16.0 Å². The van der Waals surface area contributed by atoms with Gasteiger partial charge in [0, 0.05) is 26.4 Å². The Bertz CT molecular complexity index is 953. The maximum absolute atomic E-state index is 12.8. The van der Waals surface area contributed by atoms with E-state index in [-0.39, 0.29) is 11.5 Å². The normalized spacial score (nSPS) is 11.7. The Balaban J connectivity index is 2.03. The third kappa shape index (κ3) is 3.44. The Morgan fingerprint density at radius 3 is 2.88 bits per heavy atom. The van der Waals surface area contributed by atoms with Gasteiger partial charge in [0.05, 0.1) is 5.52 Å². The number of amides is 1. The molecule has 0 spiro atoms. The zero-order chi connectivity index (χ0) is 18.0. The molecule has 3 aromatic heterocycles. The molecule has 0 aliphatic carbocycles. The quantitative estimate of drug-likeness (QED) is 0.700. The number of rotatable bonds is 7. The van der Waals surface area contributed by atoms with Gasteiger partial charge in [0.2, 0.25) is 11.7 Å². The van der Waals surface area contributed by atoms with Gasteiger partial charge < -0.3 is 5.32 Å². The van der Waals surface area contributed by atoms with E-state index < -0.39 is 0 Å². The molecular weight excluding hydrogens is 338 g/mol. The Morgan fingerprint density at radius 1 is 1.36 bits per heavy atom. The molecule has 0 aliphatic heterocycles. The van der Waals surface area contributed by atoms with Gasteiger partial charge in [-0.25, -0.2) is 0 Å². The molecule has 0 saturated carbocycles. The molecule has 0 fully saturated rings. The molecule has 0 saturated heterocycles. The minimum absolute atomic E-state index is 0.00228. The van der Waals surface area contributed by atoms with Crippen molar-refractivity contribution in [1.29, 1.82) is 0 Å². The van der Waals surface area contributed by atoms with E-state index in [2.05, 4.69) is 29.4 Å². The van der Waals surface area contributed by atoms with Crippen LogP contribution in [0, 0.1) is 5.92 Å². The van der Waals surface area contributed by atoms with Crippen molar-refractivity contribution in [2.24, 2.45) is 5.92 Å². The fraction of sp³-hybridized carbons (Fsp3) is 0.529. The summed E-state index contributed by atoms with van der Waals surface area (Å²) in [6, 6.07) is 1.94. The number of aromatic nitrogens is 4. The molecule has 0 atom stereocenters. The monoisotopic (exact) mass is 361 g/mol. The number of nitrogens with one attached hydrogen (secondary N) is 1. The van der Waals surface area contributed by atoms with E-state index in [1.54, 1.807) is 11.6 Å². The van der Waals surface area contributed by atoms with Crippen LogP contribution in [0.5, 0.6) is 0 Å². The molecule has 0 unspecified atom stereocenters. The first-order valence-corrected chi connectivity index (χ1v) is 9.45. The van der Waals surface area contributed by atoms with E-state index in [0.717, 1.165) is 22.5 Å². The van der Waals surface area contributed by atoms with Crippen molar-refractivity contribution in [2.75, 3.05) is 7.05 Å². The molecule has 0 aromatic carbocycles. The van der Waals surface area contributed by atoms with Crippen molar-refractivity contribution in [3.05, 3.63) is 27.6 Å². The number of nitrogens with zero attached hydrogens (tertiary/aromatic N) is 4. The topological polar surface area (TPSA) is 81.3 Å². The average Bonchev–Trinajstić information content (AvgIpc) is 3.21. The molecule has 1 N–H and O–H groups in total. The van der Waals surface area contributed by atoms with E-state index in [0.29, 0.717) is 37.5 Å². The Morgan fingerprint density at radius 2 is 2.16 bits per heavy atom. The first-order valence-electron chi connectivity index (χ1n) is 8.57. The van der Waals surface area contributed by atoms with Gasteiger partial charge in [-0.2, -0.15) is 0 Å². The third-order valence-electron chi connectivity index (χ3n) is 4.29. The molecule has 8 heteroatoms. The van der Waals surface area contributed by atoms with Crippen molar-refractivity contribution >= 4 is 33.2 Å². The number of fused-ring (bicyclic) bond motifs is 3. The highest BCUT2D eigenvalue weighted by Gasteiger charge is 2.17. The second kappa shape index (κ2) is 7.35. The number of hydrogen-bond donors (Lipinski definition) is 1. The number of carbonyl (C=O) groups excluding carboxylic acids is 1. The van der Waals surface area contributed by atoms with Gasteiger partial charge in [-0.05, 0) is 30.2 Å². The minimum Gasteiger partial charge on any atom is -0.359 e. The highest BCUT2D eigenvalue weighted by Crippen LogP contribution is 2.21. The van der Waals surface area contributed by atoms with Crippen LogP contribution >= 0.6 is 11.3 Å². The predicted molar refractivity (Wildman–Crippen MR) is 99.1 cm³/mol. The summed E-state index contributed by atoms with van der Waals surface area (Å²) >= 11 is 1.45. The summed E-state index contributed by atoms with van der Waals surface area (Å²) in [6.07, 6.45) is 2.69. The summed E-state index contributed by atoms with van der Waals surface area (Å²) in [5, 5.41) is 13.1. The van der Waals surface area contributed by atoms with Crippen LogP contribution in [-0.2, 0) is 17.8 Å². The number of carbonyl (C=O) groups is 1. The molecule has 3 heterocycles. The zero-order valence-corrected chi connectivity index (χ0v) is 15.6. The lowest BCUT2D eigenvalue weighted by atomic mass is 10.1. The summed E-state index contributed by atoms with van der Waals surface area (Å²) < 4.78 is 4.43. The second-order valence-corrected chi connectivity index (χ2v) is 7.47. The molecule has 1 amide bonds. The van der Waals surface area contributed by atoms with Crippen LogP contribution in [-0.4, -0.2) is 32.1 Å². The van der Waals surface area contributed by atoms with Crippen LogP contribution in [0.4, 0.5) is 0 Å².